The van der Waals surface area contributed by atoms with Gasteiger partial charge in [0, 0.05) is 6.04 Å². The number of alkyl carbamates (subject to hydrolysis) is 1. The predicted octanol–water partition coefficient (Wildman–Crippen LogP) is 1.51. The van der Waals surface area contributed by atoms with Gasteiger partial charge >= 0.3 is 6.09 Å². The minimum atomic E-state index is -4.21. The van der Waals surface area contributed by atoms with E-state index in [1.54, 1.807) is 41.5 Å². The lowest BCUT2D eigenvalue weighted by atomic mass is 9.80. The van der Waals surface area contributed by atoms with E-state index in [2.05, 4.69) is 5.32 Å². The van der Waals surface area contributed by atoms with Crippen LogP contribution in [0.5, 0.6) is 0 Å². The maximum atomic E-state index is 12.0. The van der Waals surface area contributed by atoms with Crippen LogP contribution >= 0.6 is 0 Å². The Kier molecular flexibility index (Phi) is 8.82. The largest absolute Gasteiger partial charge is 0.444 e. The Hall–Kier alpha value is -0.910. The Morgan fingerprint density at radius 2 is 1.72 bits per heavy atom. The third-order valence-corrected chi connectivity index (χ3v) is 4.80. The fourth-order valence-corrected chi connectivity index (χ4v) is 3.19. The van der Waals surface area contributed by atoms with E-state index in [1.807, 2.05) is 0 Å². The summed E-state index contributed by atoms with van der Waals surface area (Å²) >= 11 is 0. The average molecular weight is 404 g/mol. The van der Waals surface area contributed by atoms with Crippen LogP contribution in [0.4, 0.5) is 4.79 Å². The summed E-state index contributed by atoms with van der Waals surface area (Å²) in [7, 11) is -7.24. The first kappa shape index (κ1) is 24.1. The molecule has 0 aliphatic heterocycles. The van der Waals surface area contributed by atoms with Gasteiger partial charge in [-0.25, -0.2) is 13.2 Å². The molecule has 0 spiro atoms. The number of carbonyl (C=O) groups is 1. The summed E-state index contributed by atoms with van der Waals surface area (Å²) in [6.07, 6.45) is -1.27. The molecule has 2 atom stereocenters. The fourth-order valence-electron chi connectivity index (χ4n) is 2.06. The molecule has 0 aromatic heterocycles. The van der Waals surface area contributed by atoms with Crippen LogP contribution < -0.4 is 5.32 Å². The molecule has 0 aliphatic carbocycles. The van der Waals surface area contributed by atoms with Gasteiger partial charge < -0.3 is 10.1 Å². The topological polar surface area (TPSA) is 136 Å². The van der Waals surface area contributed by atoms with Crippen molar-refractivity contribution in [2.45, 2.75) is 72.1 Å². The zero-order valence-electron chi connectivity index (χ0n) is 15.4. The van der Waals surface area contributed by atoms with Gasteiger partial charge in [0.05, 0.1) is 11.9 Å². The summed E-state index contributed by atoms with van der Waals surface area (Å²) in [6.45, 7) is 10.1. The lowest BCUT2D eigenvalue weighted by Crippen LogP contribution is -2.44. The molecular formula is C14H29NO8S2. The Labute approximate surface area is 151 Å². The van der Waals surface area contributed by atoms with Crippen LogP contribution in [0.25, 0.3) is 0 Å². The van der Waals surface area contributed by atoms with E-state index in [0.717, 1.165) is 0 Å². The van der Waals surface area contributed by atoms with Crippen molar-refractivity contribution in [1.82, 2.24) is 5.32 Å². The standard InChI is InChI=1S/C14H29NO8S2/c1-10(23-24(17)18)14(5,6)9-11(7-8-25(19,20)21)15-12(16)22-13(2,3)4/h10-11,24H,7-9H2,1-6H3,(H,15,16)(H,19,20,21)/t10?,11-/m1/s1. The average Bonchev–Trinajstić information content (AvgIpc) is 2.31. The molecule has 9 nitrogen and oxygen atoms in total. The highest BCUT2D eigenvalue weighted by Crippen LogP contribution is 2.30. The second kappa shape index (κ2) is 9.15. The molecule has 0 aromatic rings. The van der Waals surface area contributed by atoms with Crippen LogP contribution in [0.2, 0.25) is 0 Å². The molecule has 0 aliphatic rings. The van der Waals surface area contributed by atoms with E-state index in [-0.39, 0.29) is 12.8 Å². The van der Waals surface area contributed by atoms with Crippen LogP contribution in [0, 0.1) is 5.41 Å². The highest BCUT2D eigenvalue weighted by molar-refractivity contribution is 7.85. The van der Waals surface area contributed by atoms with E-state index >= 15 is 0 Å². The van der Waals surface area contributed by atoms with Crippen molar-refractivity contribution in [1.29, 1.82) is 0 Å². The van der Waals surface area contributed by atoms with Crippen molar-refractivity contribution in [3.05, 3.63) is 0 Å². The molecule has 0 saturated heterocycles. The zero-order chi connectivity index (χ0) is 20.1. The van der Waals surface area contributed by atoms with Crippen molar-refractivity contribution in [2.75, 3.05) is 5.75 Å². The molecule has 0 bridgehead atoms. The predicted molar refractivity (Wildman–Crippen MR) is 93.5 cm³/mol. The lowest BCUT2D eigenvalue weighted by Gasteiger charge is -2.34. The molecule has 0 radical (unpaired) electrons. The third-order valence-electron chi connectivity index (χ3n) is 3.56. The molecule has 0 heterocycles. The molecule has 2 N–H and O–H groups in total. The molecular weight excluding hydrogens is 374 g/mol. The van der Waals surface area contributed by atoms with E-state index in [4.69, 9.17) is 13.5 Å². The van der Waals surface area contributed by atoms with Crippen molar-refractivity contribution < 1.29 is 35.1 Å². The highest BCUT2D eigenvalue weighted by atomic mass is 32.2. The number of hydrogen-bond acceptors (Lipinski definition) is 7. The summed E-state index contributed by atoms with van der Waals surface area (Å²) in [4.78, 5) is 12.0. The molecule has 0 rings (SSSR count). The molecule has 0 aromatic carbocycles. The van der Waals surface area contributed by atoms with Crippen LogP contribution in [0.15, 0.2) is 0 Å². The number of nitrogens with one attached hydrogen (secondary N) is 1. The number of thiol groups is 1. The van der Waals surface area contributed by atoms with Crippen molar-refractivity contribution in [3.8, 4) is 0 Å². The van der Waals surface area contributed by atoms with Gasteiger partial charge in [0.25, 0.3) is 21.1 Å². The first-order valence-corrected chi connectivity index (χ1v) is 10.5. The number of ether oxygens (including phenoxy) is 1. The summed E-state index contributed by atoms with van der Waals surface area (Å²) in [5.74, 6) is -0.547. The van der Waals surface area contributed by atoms with Crippen molar-refractivity contribution in [3.63, 3.8) is 0 Å². The van der Waals surface area contributed by atoms with Crippen LogP contribution in [-0.2, 0) is 30.0 Å². The number of amides is 1. The van der Waals surface area contributed by atoms with Gasteiger partial charge in [-0.15, -0.1) is 0 Å². The quantitative estimate of drug-likeness (QED) is 0.389. The summed E-state index contributed by atoms with van der Waals surface area (Å²) in [6, 6.07) is -0.664. The summed E-state index contributed by atoms with van der Waals surface area (Å²) in [5.41, 5.74) is -1.43. The number of hydrogen-bond donors (Lipinski definition) is 3. The van der Waals surface area contributed by atoms with Gasteiger partial charge in [-0.2, -0.15) is 8.42 Å². The maximum absolute atomic E-state index is 12.0. The summed E-state index contributed by atoms with van der Waals surface area (Å²) < 4.78 is 62.4. The Morgan fingerprint density at radius 1 is 1.20 bits per heavy atom. The molecule has 0 saturated carbocycles. The second-order valence-corrected chi connectivity index (χ2v) is 9.81. The van der Waals surface area contributed by atoms with Crippen LogP contribution in [0.3, 0.4) is 0 Å². The molecule has 0 fully saturated rings. The van der Waals surface area contributed by atoms with E-state index < -0.39 is 56.1 Å². The number of carbonyl (C=O) groups excluding carboxylic acids is 1. The molecule has 150 valence electrons. The van der Waals surface area contributed by atoms with Crippen molar-refractivity contribution >= 4 is 27.2 Å². The normalized spacial score (nSPS) is 15.7. The van der Waals surface area contributed by atoms with E-state index in [0.29, 0.717) is 0 Å². The smallest absolute Gasteiger partial charge is 0.407 e. The molecule has 25 heavy (non-hydrogen) atoms. The Balaban J connectivity index is 5.14. The van der Waals surface area contributed by atoms with Crippen LogP contribution in [-0.4, -0.2) is 51.0 Å². The van der Waals surface area contributed by atoms with E-state index in [9.17, 15) is 21.6 Å². The van der Waals surface area contributed by atoms with Gasteiger partial charge in [-0.1, -0.05) is 13.8 Å². The maximum Gasteiger partial charge on any atom is 0.407 e. The summed E-state index contributed by atoms with van der Waals surface area (Å²) in [5, 5.41) is 2.57. The third kappa shape index (κ3) is 12.1. The monoisotopic (exact) mass is 403 g/mol. The van der Waals surface area contributed by atoms with Gasteiger partial charge in [0.2, 0.25) is 0 Å². The number of rotatable bonds is 9. The minimum absolute atomic E-state index is 0.0578. The SMILES string of the molecule is CC(O[SH](=O)=O)C(C)(C)C[C@@H](CCS(=O)(=O)O)NC(=O)OC(C)(C)C. The first-order chi connectivity index (χ1) is 11.0. The zero-order valence-corrected chi connectivity index (χ0v) is 17.1. The van der Waals surface area contributed by atoms with E-state index in [1.165, 1.54) is 0 Å². The Bertz CT molecular complexity index is 611. The van der Waals surface area contributed by atoms with Gasteiger partial charge in [0.15, 0.2) is 0 Å². The minimum Gasteiger partial charge on any atom is -0.444 e. The molecule has 1 amide bonds. The van der Waals surface area contributed by atoms with Crippen LogP contribution in [0.1, 0.15) is 54.4 Å². The second-order valence-electron chi connectivity index (χ2n) is 7.58. The lowest BCUT2D eigenvalue weighted by molar-refractivity contribution is 0.0441. The van der Waals surface area contributed by atoms with Crippen molar-refractivity contribution in [2.24, 2.45) is 5.41 Å². The fraction of sp³-hybridized carbons (Fsp3) is 0.929. The van der Waals surface area contributed by atoms with Gasteiger partial charge in [-0.05, 0) is 46.0 Å². The molecule has 11 heteroatoms. The molecule has 1 unspecified atom stereocenters. The van der Waals surface area contributed by atoms with Gasteiger partial charge in [0.1, 0.15) is 5.60 Å². The van der Waals surface area contributed by atoms with Gasteiger partial charge in [-0.3, -0.25) is 8.74 Å². The highest BCUT2D eigenvalue weighted by Gasteiger charge is 2.32. The first-order valence-electron chi connectivity index (χ1n) is 7.78. The Morgan fingerprint density at radius 3 is 2.12 bits per heavy atom.